The fourth-order valence-corrected chi connectivity index (χ4v) is 1.06. The number of nitrogens with zero attached hydrogens (tertiary/aromatic N) is 1. The van der Waals surface area contributed by atoms with Crippen molar-refractivity contribution in [3.05, 3.63) is 17.8 Å². The Morgan fingerprint density at radius 2 is 2.00 bits per heavy atom. The molecule has 0 aliphatic rings. The average Bonchev–Trinajstić information content (AvgIpc) is 2.06. The molecule has 1 rings (SSSR count). The van der Waals surface area contributed by atoms with Gasteiger partial charge >= 0.3 is 6.18 Å². The zero-order valence-electron chi connectivity index (χ0n) is 8.39. The number of hydrogen-bond acceptors (Lipinski definition) is 3. The molecular weight excluding hydrogens is 207 g/mol. The molecule has 0 saturated carbocycles. The summed E-state index contributed by atoms with van der Waals surface area (Å²) in [5.74, 6) is 0.0664. The molecule has 0 aliphatic carbocycles. The lowest BCUT2D eigenvalue weighted by atomic mass is 10.2. The molecule has 1 aromatic rings. The molecule has 0 aliphatic heterocycles. The Bertz CT molecular complexity index is 347. The first kappa shape index (κ1) is 11.6. The van der Waals surface area contributed by atoms with Crippen molar-refractivity contribution >= 4 is 11.5 Å². The van der Waals surface area contributed by atoms with Crippen molar-refractivity contribution in [3.63, 3.8) is 0 Å². The maximum atomic E-state index is 12.3. The lowest BCUT2D eigenvalue weighted by Crippen LogP contribution is -2.14. The van der Waals surface area contributed by atoms with Crippen LogP contribution in [0.3, 0.4) is 0 Å². The van der Waals surface area contributed by atoms with E-state index in [-0.39, 0.29) is 17.5 Å². The molecular formula is C9H12F3N3. The van der Waals surface area contributed by atoms with Crippen LogP contribution in [-0.4, -0.2) is 11.0 Å². The van der Waals surface area contributed by atoms with E-state index in [1.165, 1.54) is 0 Å². The van der Waals surface area contributed by atoms with E-state index in [0.29, 0.717) is 0 Å². The third-order valence-electron chi connectivity index (χ3n) is 1.69. The molecule has 0 unspecified atom stereocenters. The van der Waals surface area contributed by atoms with Gasteiger partial charge in [0.2, 0.25) is 0 Å². The Labute approximate surface area is 85.5 Å². The van der Waals surface area contributed by atoms with Gasteiger partial charge in [0, 0.05) is 12.2 Å². The first-order valence-corrected chi connectivity index (χ1v) is 4.40. The number of nitrogens with two attached hydrogens (primary N) is 1. The van der Waals surface area contributed by atoms with Crippen LogP contribution in [0.1, 0.15) is 19.4 Å². The highest BCUT2D eigenvalue weighted by Gasteiger charge is 2.31. The van der Waals surface area contributed by atoms with Crippen LogP contribution in [0.2, 0.25) is 0 Å². The van der Waals surface area contributed by atoms with Crippen molar-refractivity contribution in [2.24, 2.45) is 0 Å². The van der Waals surface area contributed by atoms with Crippen LogP contribution in [-0.2, 0) is 6.18 Å². The lowest BCUT2D eigenvalue weighted by Gasteiger charge is -2.14. The van der Waals surface area contributed by atoms with Crippen molar-refractivity contribution in [1.82, 2.24) is 4.98 Å². The number of halogens is 3. The third kappa shape index (κ3) is 3.00. The van der Waals surface area contributed by atoms with E-state index in [1.54, 1.807) is 13.8 Å². The fraction of sp³-hybridized carbons (Fsp3) is 0.444. The summed E-state index contributed by atoms with van der Waals surface area (Å²) in [6.07, 6.45) is -3.67. The summed E-state index contributed by atoms with van der Waals surface area (Å²) in [7, 11) is 0. The molecule has 0 aromatic carbocycles. The van der Waals surface area contributed by atoms with Crippen LogP contribution < -0.4 is 11.1 Å². The average molecular weight is 219 g/mol. The summed E-state index contributed by atoms with van der Waals surface area (Å²) in [4.78, 5) is 3.49. The van der Waals surface area contributed by atoms with Crippen molar-refractivity contribution in [1.29, 1.82) is 0 Å². The summed E-state index contributed by atoms with van der Waals surface area (Å²) in [6, 6.07) is 0.958. The zero-order valence-corrected chi connectivity index (χ0v) is 8.39. The van der Waals surface area contributed by atoms with Crippen LogP contribution in [0.4, 0.5) is 24.7 Å². The number of anilines is 2. The molecule has 0 atom stereocenters. The summed E-state index contributed by atoms with van der Waals surface area (Å²) < 4.78 is 37.0. The number of hydrogen-bond donors (Lipinski definition) is 2. The number of nitrogens with one attached hydrogen (secondary N) is 1. The summed E-state index contributed by atoms with van der Waals surface area (Å²) in [5.41, 5.74) is 4.84. The van der Waals surface area contributed by atoms with Crippen LogP contribution in [0.25, 0.3) is 0 Å². The van der Waals surface area contributed by atoms with Crippen molar-refractivity contribution in [3.8, 4) is 0 Å². The molecule has 3 N–H and O–H groups in total. The predicted molar refractivity (Wildman–Crippen MR) is 52.4 cm³/mol. The van der Waals surface area contributed by atoms with Gasteiger partial charge in [-0.15, -0.1) is 0 Å². The van der Waals surface area contributed by atoms with Crippen molar-refractivity contribution in [2.45, 2.75) is 26.1 Å². The highest BCUT2D eigenvalue weighted by atomic mass is 19.4. The van der Waals surface area contributed by atoms with Gasteiger partial charge in [-0.25, -0.2) is 4.98 Å². The Hall–Kier alpha value is -1.46. The lowest BCUT2D eigenvalue weighted by molar-refractivity contribution is -0.137. The van der Waals surface area contributed by atoms with Crippen molar-refractivity contribution < 1.29 is 13.2 Å². The topological polar surface area (TPSA) is 50.9 Å². The number of aromatic nitrogens is 1. The minimum Gasteiger partial charge on any atom is -0.382 e. The molecule has 15 heavy (non-hydrogen) atoms. The largest absolute Gasteiger partial charge is 0.417 e. The number of rotatable bonds is 2. The standard InChI is InChI=1S/C9H12F3N3/c1-5(2)15-7-3-6(9(10,11)12)4-14-8(7)13/h3-5,15H,1-2H3,(H2,13,14). The van der Waals surface area contributed by atoms with Gasteiger partial charge in [0.25, 0.3) is 0 Å². The molecule has 0 saturated heterocycles. The second-order valence-electron chi connectivity index (χ2n) is 3.45. The van der Waals surface area contributed by atoms with Gasteiger partial charge in [-0.3, -0.25) is 0 Å². The maximum Gasteiger partial charge on any atom is 0.417 e. The highest BCUT2D eigenvalue weighted by molar-refractivity contribution is 5.62. The van der Waals surface area contributed by atoms with E-state index in [9.17, 15) is 13.2 Å². The van der Waals surface area contributed by atoms with E-state index in [2.05, 4.69) is 10.3 Å². The second kappa shape index (κ2) is 3.96. The predicted octanol–water partition coefficient (Wildman–Crippen LogP) is 2.50. The quantitative estimate of drug-likeness (QED) is 0.803. The van der Waals surface area contributed by atoms with Crippen LogP contribution in [0.5, 0.6) is 0 Å². The molecule has 0 radical (unpaired) electrons. The van der Waals surface area contributed by atoms with Crippen molar-refractivity contribution in [2.75, 3.05) is 11.1 Å². The minimum absolute atomic E-state index is 0.00224. The molecule has 0 bridgehead atoms. The Kier molecular flexibility index (Phi) is 3.06. The van der Waals surface area contributed by atoms with Gasteiger partial charge in [-0.05, 0) is 19.9 Å². The van der Waals surface area contributed by atoms with E-state index in [0.717, 1.165) is 12.3 Å². The van der Waals surface area contributed by atoms with Gasteiger partial charge in [-0.2, -0.15) is 13.2 Å². The maximum absolute atomic E-state index is 12.3. The number of nitrogen functional groups attached to an aromatic ring is 1. The fourth-order valence-electron chi connectivity index (χ4n) is 1.06. The highest BCUT2D eigenvalue weighted by Crippen LogP contribution is 2.31. The number of pyridine rings is 1. The van der Waals surface area contributed by atoms with Gasteiger partial charge in [0.15, 0.2) is 0 Å². The monoisotopic (exact) mass is 219 g/mol. The van der Waals surface area contributed by atoms with Crippen LogP contribution >= 0.6 is 0 Å². The normalized spacial score (nSPS) is 11.9. The van der Waals surface area contributed by atoms with E-state index < -0.39 is 11.7 Å². The molecule has 0 amide bonds. The van der Waals surface area contributed by atoms with E-state index in [4.69, 9.17) is 5.73 Å². The van der Waals surface area contributed by atoms with E-state index >= 15 is 0 Å². The number of alkyl halides is 3. The van der Waals surface area contributed by atoms with Gasteiger partial charge < -0.3 is 11.1 Å². The Morgan fingerprint density at radius 3 is 2.47 bits per heavy atom. The molecule has 0 fully saturated rings. The first-order chi connectivity index (χ1) is 6.80. The smallest absolute Gasteiger partial charge is 0.382 e. The summed E-state index contributed by atoms with van der Waals surface area (Å²) >= 11 is 0. The molecule has 84 valence electrons. The second-order valence-corrected chi connectivity index (χ2v) is 3.45. The summed E-state index contributed by atoms with van der Waals surface area (Å²) in [5, 5.41) is 2.80. The van der Waals surface area contributed by atoms with Crippen LogP contribution in [0, 0.1) is 0 Å². The SMILES string of the molecule is CC(C)Nc1cc(C(F)(F)F)cnc1N. The summed E-state index contributed by atoms with van der Waals surface area (Å²) in [6.45, 7) is 3.61. The van der Waals surface area contributed by atoms with Gasteiger partial charge in [-0.1, -0.05) is 0 Å². The molecule has 6 heteroatoms. The Morgan fingerprint density at radius 1 is 1.40 bits per heavy atom. The molecule has 0 spiro atoms. The molecule has 3 nitrogen and oxygen atoms in total. The van der Waals surface area contributed by atoms with Gasteiger partial charge in [0.05, 0.1) is 11.3 Å². The molecule has 1 aromatic heterocycles. The zero-order chi connectivity index (χ0) is 11.6. The minimum atomic E-state index is -4.39. The molecule has 1 heterocycles. The third-order valence-corrected chi connectivity index (χ3v) is 1.69. The van der Waals surface area contributed by atoms with Crippen LogP contribution in [0.15, 0.2) is 12.3 Å². The Balaban J connectivity index is 3.06. The van der Waals surface area contributed by atoms with Gasteiger partial charge in [0.1, 0.15) is 5.82 Å². The first-order valence-electron chi connectivity index (χ1n) is 4.40. The van der Waals surface area contributed by atoms with E-state index in [1.807, 2.05) is 0 Å².